The number of hydrogen-bond acceptors (Lipinski definition) is 4. The number of hydrogen-bond donors (Lipinski definition) is 3. The van der Waals surface area contributed by atoms with Gasteiger partial charge >= 0.3 is 0 Å². The normalized spacial score (nSPS) is 18.7. The Hall–Kier alpha value is -4.59. The largest absolute Gasteiger partial charge is 0.497 e. The van der Waals surface area contributed by atoms with Crippen molar-refractivity contribution in [2.24, 2.45) is 5.92 Å². The van der Waals surface area contributed by atoms with Gasteiger partial charge in [0.25, 0.3) is 5.91 Å². The molecule has 0 fully saturated rings. The number of para-hydroxylation sites is 1. The number of aromatic amines is 1. The highest BCUT2D eigenvalue weighted by Gasteiger charge is 2.49. The van der Waals surface area contributed by atoms with Crippen molar-refractivity contribution in [3.63, 3.8) is 0 Å². The summed E-state index contributed by atoms with van der Waals surface area (Å²) in [5, 5.41) is 7.08. The quantitative estimate of drug-likeness (QED) is 0.301. The van der Waals surface area contributed by atoms with Crippen LogP contribution in [0.2, 0.25) is 0 Å². The van der Waals surface area contributed by atoms with E-state index >= 15 is 0 Å². The van der Waals surface area contributed by atoms with E-state index in [1.807, 2.05) is 86.6 Å². The SMILES string of the molecule is CC[C@H](C)[C@H](NC(=O)[C@@H]1Cc2c([nH]c3ccccc23)[C@@H]2c3ccccc3C(=O)N21)C(=O)NCc1ccc(OC)cc1. The number of methoxy groups -OCH3 is 1. The average Bonchev–Trinajstić information content (AvgIpc) is 3.53. The molecule has 8 heteroatoms. The van der Waals surface area contributed by atoms with E-state index in [9.17, 15) is 14.4 Å². The van der Waals surface area contributed by atoms with Gasteiger partial charge in [0.1, 0.15) is 17.8 Å². The van der Waals surface area contributed by atoms with Gasteiger partial charge in [-0.1, -0.05) is 68.8 Å². The molecule has 0 saturated heterocycles. The van der Waals surface area contributed by atoms with E-state index in [0.29, 0.717) is 24.9 Å². The molecule has 4 atom stereocenters. The number of benzene rings is 3. The molecule has 4 aromatic rings. The van der Waals surface area contributed by atoms with E-state index in [1.165, 1.54) is 0 Å². The number of H-pyrrole nitrogens is 1. The molecule has 0 aliphatic carbocycles. The average molecular weight is 551 g/mol. The van der Waals surface area contributed by atoms with Crippen molar-refractivity contribution in [3.8, 4) is 5.75 Å². The number of nitrogens with one attached hydrogen (secondary N) is 3. The van der Waals surface area contributed by atoms with Crippen LogP contribution in [0.3, 0.4) is 0 Å². The molecule has 210 valence electrons. The second-order valence-corrected chi connectivity index (χ2v) is 10.9. The lowest BCUT2D eigenvalue weighted by molar-refractivity contribution is -0.133. The third kappa shape index (κ3) is 4.63. The summed E-state index contributed by atoms with van der Waals surface area (Å²) in [7, 11) is 1.61. The fourth-order valence-electron chi connectivity index (χ4n) is 6.13. The van der Waals surface area contributed by atoms with Gasteiger partial charge in [-0.3, -0.25) is 14.4 Å². The zero-order chi connectivity index (χ0) is 28.7. The molecule has 3 N–H and O–H groups in total. The highest BCUT2D eigenvalue weighted by molar-refractivity contribution is 6.04. The van der Waals surface area contributed by atoms with Gasteiger partial charge in [0.05, 0.1) is 13.2 Å². The van der Waals surface area contributed by atoms with Gasteiger partial charge in [-0.05, 0) is 46.9 Å². The fourth-order valence-corrected chi connectivity index (χ4v) is 6.13. The summed E-state index contributed by atoms with van der Waals surface area (Å²) in [5.41, 5.74) is 5.39. The van der Waals surface area contributed by atoms with Crippen LogP contribution in [0.5, 0.6) is 5.75 Å². The maximum atomic E-state index is 14.1. The molecule has 0 bridgehead atoms. The zero-order valence-electron chi connectivity index (χ0n) is 23.4. The lowest BCUT2D eigenvalue weighted by Gasteiger charge is -2.38. The summed E-state index contributed by atoms with van der Waals surface area (Å²) in [5.74, 6) is -0.104. The number of ether oxygens (including phenoxy) is 1. The smallest absolute Gasteiger partial charge is 0.255 e. The van der Waals surface area contributed by atoms with Crippen molar-refractivity contribution >= 4 is 28.6 Å². The van der Waals surface area contributed by atoms with Crippen molar-refractivity contribution in [1.29, 1.82) is 0 Å². The van der Waals surface area contributed by atoms with Crippen LogP contribution in [0.15, 0.2) is 72.8 Å². The number of carbonyl (C=O) groups excluding carboxylic acids is 3. The molecule has 6 rings (SSSR count). The predicted molar refractivity (Wildman–Crippen MR) is 156 cm³/mol. The maximum absolute atomic E-state index is 14.1. The van der Waals surface area contributed by atoms with E-state index in [2.05, 4.69) is 15.6 Å². The van der Waals surface area contributed by atoms with Crippen LogP contribution in [-0.4, -0.2) is 46.8 Å². The Morgan fingerprint density at radius 1 is 1.05 bits per heavy atom. The minimum Gasteiger partial charge on any atom is -0.497 e. The summed E-state index contributed by atoms with van der Waals surface area (Å²) >= 11 is 0. The Morgan fingerprint density at radius 2 is 1.78 bits per heavy atom. The molecule has 1 aromatic heterocycles. The lowest BCUT2D eigenvalue weighted by atomic mass is 9.89. The standard InChI is InChI=1S/C33H34N4O4/c1-4-19(2)28(32(39)34-18-20-13-15-21(41-3)16-14-20)36-31(38)27-17-25-22-9-7-8-12-26(22)35-29(25)30-23-10-5-6-11-24(23)33(40)37(27)30/h5-16,19,27-28,30,35H,4,17-18H2,1-3H3,(H,34,39)(H,36,38)/t19-,27-,28-,30-/m0/s1. The van der Waals surface area contributed by atoms with E-state index in [4.69, 9.17) is 4.74 Å². The van der Waals surface area contributed by atoms with Crippen molar-refractivity contribution in [2.45, 2.75) is 51.4 Å². The van der Waals surface area contributed by atoms with Gasteiger partial charge in [0.15, 0.2) is 0 Å². The second kappa shape index (κ2) is 10.8. The van der Waals surface area contributed by atoms with Crippen molar-refractivity contribution in [3.05, 3.63) is 101 Å². The molecule has 0 unspecified atom stereocenters. The highest BCUT2D eigenvalue weighted by Crippen LogP contribution is 2.46. The topological polar surface area (TPSA) is 104 Å². The fraction of sp³-hybridized carbons (Fsp3) is 0.303. The molecule has 0 spiro atoms. The van der Waals surface area contributed by atoms with Crippen LogP contribution in [0.4, 0.5) is 0 Å². The monoisotopic (exact) mass is 550 g/mol. The Labute approximate surface area is 239 Å². The molecule has 2 aliphatic rings. The molecule has 2 aliphatic heterocycles. The van der Waals surface area contributed by atoms with Crippen LogP contribution in [0.1, 0.15) is 59.1 Å². The number of carbonyl (C=O) groups is 3. The lowest BCUT2D eigenvalue weighted by Crippen LogP contribution is -2.58. The van der Waals surface area contributed by atoms with Gasteiger partial charge in [-0.25, -0.2) is 0 Å². The van der Waals surface area contributed by atoms with E-state index in [1.54, 1.807) is 12.0 Å². The van der Waals surface area contributed by atoms with Crippen LogP contribution in [-0.2, 0) is 22.6 Å². The number of rotatable bonds is 8. The summed E-state index contributed by atoms with van der Waals surface area (Å²) in [6, 6.07) is 21.2. The van der Waals surface area contributed by atoms with Gasteiger partial charge in [0, 0.05) is 35.1 Å². The molecule has 0 radical (unpaired) electrons. The van der Waals surface area contributed by atoms with E-state index in [-0.39, 0.29) is 23.6 Å². The molecule has 0 saturated carbocycles. The molecule has 3 amide bonds. The summed E-state index contributed by atoms with van der Waals surface area (Å²) in [6.45, 7) is 4.28. The van der Waals surface area contributed by atoms with Crippen molar-refractivity contribution in [1.82, 2.24) is 20.5 Å². The molecule has 41 heavy (non-hydrogen) atoms. The minimum absolute atomic E-state index is 0.107. The minimum atomic E-state index is -0.757. The summed E-state index contributed by atoms with van der Waals surface area (Å²) in [6.07, 6.45) is 1.07. The first-order valence-corrected chi connectivity index (χ1v) is 14.1. The Morgan fingerprint density at radius 3 is 2.54 bits per heavy atom. The third-order valence-electron chi connectivity index (χ3n) is 8.57. The molecular formula is C33H34N4O4. The van der Waals surface area contributed by atoms with Crippen LogP contribution in [0, 0.1) is 5.92 Å². The van der Waals surface area contributed by atoms with Crippen LogP contribution < -0.4 is 15.4 Å². The zero-order valence-corrected chi connectivity index (χ0v) is 23.4. The van der Waals surface area contributed by atoms with Crippen LogP contribution in [0.25, 0.3) is 10.9 Å². The molecule has 8 nitrogen and oxygen atoms in total. The van der Waals surface area contributed by atoms with Gasteiger partial charge in [-0.15, -0.1) is 0 Å². The maximum Gasteiger partial charge on any atom is 0.255 e. The molecule has 3 aromatic carbocycles. The number of amides is 3. The summed E-state index contributed by atoms with van der Waals surface area (Å²) in [4.78, 5) is 46.5. The Bertz CT molecular complexity index is 1630. The molecular weight excluding hydrogens is 516 g/mol. The molecule has 3 heterocycles. The van der Waals surface area contributed by atoms with E-state index in [0.717, 1.165) is 39.0 Å². The highest BCUT2D eigenvalue weighted by atomic mass is 16.5. The van der Waals surface area contributed by atoms with Crippen LogP contribution >= 0.6 is 0 Å². The number of fused-ring (bicyclic) bond motifs is 7. The second-order valence-electron chi connectivity index (χ2n) is 10.9. The first kappa shape index (κ1) is 26.6. The predicted octanol–water partition coefficient (Wildman–Crippen LogP) is 4.49. The van der Waals surface area contributed by atoms with Gasteiger partial charge in [0.2, 0.25) is 11.8 Å². The Balaban J connectivity index is 1.29. The third-order valence-corrected chi connectivity index (χ3v) is 8.57. The Kier molecular flexibility index (Phi) is 6.99. The van der Waals surface area contributed by atoms with Crippen molar-refractivity contribution in [2.75, 3.05) is 7.11 Å². The van der Waals surface area contributed by atoms with Gasteiger partial charge < -0.3 is 25.3 Å². The first-order chi connectivity index (χ1) is 19.9. The first-order valence-electron chi connectivity index (χ1n) is 14.1. The summed E-state index contributed by atoms with van der Waals surface area (Å²) < 4.78 is 5.21. The number of aromatic nitrogens is 1. The van der Waals surface area contributed by atoms with Gasteiger partial charge in [-0.2, -0.15) is 0 Å². The number of nitrogens with zero attached hydrogens (tertiary/aromatic N) is 1. The van der Waals surface area contributed by atoms with E-state index < -0.39 is 18.1 Å². The van der Waals surface area contributed by atoms with Crippen molar-refractivity contribution < 1.29 is 19.1 Å².